The highest BCUT2D eigenvalue weighted by atomic mass is 16.4. The molecule has 2 N–H and O–H groups in total. The van der Waals surface area contributed by atoms with Crippen LogP contribution in [0.4, 0.5) is 0 Å². The standard InChI is InChI=1S/C16H20N2O2/c1-9(16(19)20)4-13-10(2)18(3)15-6-12-8-17-7-11(12)5-14(13)15/h5-6,9,17H,4,7-8H2,1-3H3,(H,19,20). The van der Waals surface area contributed by atoms with Gasteiger partial charge in [-0.3, -0.25) is 4.79 Å². The molecule has 4 heteroatoms. The maximum absolute atomic E-state index is 11.1. The van der Waals surface area contributed by atoms with Crippen LogP contribution in [-0.4, -0.2) is 15.6 Å². The average Bonchev–Trinajstić information content (AvgIpc) is 2.95. The van der Waals surface area contributed by atoms with Crippen molar-refractivity contribution in [3.8, 4) is 0 Å². The molecule has 0 amide bonds. The van der Waals surface area contributed by atoms with Gasteiger partial charge in [0.2, 0.25) is 0 Å². The van der Waals surface area contributed by atoms with Gasteiger partial charge < -0.3 is 15.0 Å². The molecule has 0 spiro atoms. The number of aliphatic carboxylic acids is 1. The maximum Gasteiger partial charge on any atom is 0.306 e. The predicted molar refractivity (Wildman–Crippen MR) is 78.7 cm³/mol. The predicted octanol–water partition coefficient (Wildman–Crippen LogP) is 2.35. The van der Waals surface area contributed by atoms with Gasteiger partial charge in [-0.15, -0.1) is 0 Å². The summed E-state index contributed by atoms with van der Waals surface area (Å²) in [6, 6.07) is 4.48. The van der Waals surface area contributed by atoms with Gasteiger partial charge in [0.1, 0.15) is 0 Å². The van der Waals surface area contributed by atoms with Gasteiger partial charge in [-0.1, -0.05) is 6.92 Å². The van der Waals surface area contributed by atoms with Gasteiger partial charge in [-0.2, -0.15) is 0 Å². The number of nitrogens with zero attached hydrogens (tertiary/aromatic N) is 1. The van der Waals surface area contributed by atoms with E-state index >= 15 is 0 Å². The van der Waals surface area contributed by atoms with E-state index in [-0.39, 0.29) is 5.92 Å². The monoisotopic (exact) mass is 272 g/mol. The smallest absolute Gasteiger partial charge is 0.306 e. The molecule has 3 rings (SSSR count). The summed E-state index contributed by atoms with van der Waals surface area (Å²) < 4.78 is 2.18. The molecule has 0 fully saturated rings. The van der Waals surface area contributed by atoms with Gasteiger partial charge >= 0.3 is 5.97 Å². The van der Waals surface area contributed by atoms with Crippen LogP contribution in [0.1, 0.15) is 29.3 Å². The topological polar surface area (TPSA) is 54.3 Å². The number of benzene rings is 1. The highest BCUT2D eigenvalue weighted by Crippen LogP contribution is 2.31. The van der Waals surface area contributed by atoms with E-state index in [1.165, 1.54) is 33.3 Å². The van der Waals surface area contributed by atoms with Crippen molar-refractivity contribution < 1.29 is 9.90 Å². The fourth-order valence-electron chi connectivity index (χ4n) is 3.09. The molecule has 1 unspecified atom stereocenters. The van der Waals surface area contributed by atoms with Gasteiger partial charge in [0.05, 0.1) is 5.92 Å². The van der Waals surface area contributed by atoms with Crippen LogP contribution in [0.15, 0.2) is 12.1 Å². The van der Waals surface area contributed by atoms with Crippen LogP contribution in [0, 0.1) is 12.8 Å². The van der Waals surface area contributed by atoms with Gasteiger partial charge in [0, 0.05) is 36.7 Å². The summed E-state index contributed by atoms with van der Waals surface area (Å²) in [5.41, 5.74) is 6.25. The Hall–Kier alpha value is -1.81. The zero-order chi connectivity index (χ0) is 14.4. The number of carbonyl (C=O) groups is 1. The molecule has 1 aliphatic heterocycles. The summed E-state index contributed by atoms with van der Waals surface area (Å²) in [4.78, 5) is 11.1. The first kappa shape index (κ1) is 13.2. The molecule has 0 radical (unpaired) electrons. The van der Waals surface area contributed by atoms with Crippen LogP contribution < -0.4 is 5.32 Å². The van der Waals surface area contributed by atoms with E-state index in [0.717, 1.165) is 13.1 Å². The zero-order valence-corrected chi connectivity index (χ0v) is 12.2. The van der Waals surface area contributed by atoms with E-state index in [2.05, 4.69) is 36.0 Å². The Morgan fingerprint density at radius 1 is 1.40 bits per heavy atom. The molecule has 1 atom stereocenters. The minimum absolute atomic E-state index is 0.356. The highest BCUT2D eigenvalue weighted by molar-refractivity contribution is 5.88. The van der Waals surface area contributed by atoms with Crippen molar-refractivity contribution in [1.82, 2.24) is 9.88 Å². The lowest BCUT2D eigenvalue weighted by molar-refractivity contribution is -0.141. The maximum atomic E-state index is 11.1. The van der Waals surface area contributed by atoms with Crippen LogP contribution in [0.2, 0.25) is 0 Å². The number of fused-ring (bicyclic) bond motifs is 2. The summed E-state index contributed by atoms with van der Waals surface area (Å²) in [5, 5.41) is 13.7. The zero-order valence-electron chi connectivity index (χ0n) is 12.2. The summed E-state index contributed by atoms with van der Waals surface area (Å²) in [6.07, 6.45) is 0.588. The number of aryl methyl sites for hydroxylation is 1. The van der Waals surface area contributed by atoms with E-state index in [4.69, 9.17) is 5.11 Å². The van der Waals surface area contributed by atoms with E-state index in [9.17, 15) is 4.79 Å². The second-order valence-corrected chi connectivity index (χ2v) is 5.81. The van der Waals surface area contributed by atoms with Crippen LogP contribution in [0.3, 0.4) is 0 Å². The molecule has 0 aliphatic carbocycles. The second-order valence-electron chi connectivity index (χ2n) is 5.81. The molecule has 2 aromatic rings. The number of aromatic nitrogens is 1. The van der Waals surface area contributed by atoms with Crippen molar-refractivity contribution in [3.63, 3.8) is 0 Å². The molecular weight excluding hydrogens is 252 g/mol. The molecule has 1 aromatic carbocycles. The van der Waals surface area contributed by atoms with Crippen LogP contribution in [0.25, 0.3) is 10.9 Å². The molecule has 0 saturated heterocycles. The van der Waals surface area contributed by atoms with Crippen molar-refractivity contribution >= 4 is 16.9 Å². The van der Waals surface area contributed by atoms with Crippen molar-refractivity contribution in [2.45, 2.75) is 33.4 Å². The Labute approximate surface area is 118 Å². The van der Waals surface area contributed by atoms with E-state index in [1.807, 2.05) is 0 Å². The minimum atomic E-state index is -0.732. The number of carboxylic acids is 1. The summed E-state index contributed by atoms with van der Waals surface area (Å²) in [5.74, 6) is -1.09. The molecule has 1 aliphatic rings. The SMILES string of the molecule is Cc1c(CC(C)C(=O)O)c2cc3c(cc2n1C)CNC3. The fourth-order valence-corrected chi connectivity index (χ4v) is 3.09. The number of nitrogens with one attached hydrogen (secondary N) is 1. The number of rotatable bonds is 3. The third-order valence-corrected chi connectivity index (χ3v) is 4.51. The van der Waals surface area contributed by atoms with Gasteiger partial charge in [0.25, 0.3) is 0 Å². The Balaban J connectivity index is 2.16. The lowest BCUT2D eigenvalue weighted by atomic mass is 9.97. The van der Waals surface area contributed by atoms with Gasteiger partial charge in [-0.05, 0) is 42.2 Å². The van der Waals surface area contributed by atoms with Crippen LogP contribution in [-0.2, 0) is 31.4 Å². The van der Waals surface area contributed by atoms with Crippen molar-refractivity contribution in [2.24, 2.45) is 13.0 Å². The van der Waals surface area contributed by atoms with E-state index in [1.54, 1.807) is 6.92 Å². The first-order chi connectivity index (χ1) is 9.49. The third-order valence-electron chi connectivity index (χ3n) is 4.51. The molecule has 20 heavy (non-hydrogen) atoms. The Bertz CT molecular complexity index is 700. The Morgan fingerprint density at radius 2 is 2.05 bits per heavy atom. The highest BCUT2D eigenvalue weighted by Gasteiger charge is 2.20. The third kappa shape index (κ3) is 1.91. The Kier molecular flexibility index (Phi) is 3.05. The number of hydrogen-bond acceptors (Lipinski definition) is 2. The van der Waals surface area contributed by atoms with Crippen molar-refractivity contribution in [3.05, 3.63) is 34.5 Å². The molecule has 0 saturated carbocycles. The summed E-state index contributed by atoms with van der Waals surface area (Å²) in [7, 11) is 2.06. The Morgan fingerprint density at radius 3 is 2.70 bits per heavy atom. The first-order valence-electron chi connectivity index (χ1n) is 7.02. The first-order valence-corrected chi connectivity index (χ1v) is 7.02. The molecule has 2 heterocycles. The molecule has 0 bridgehead atoms. The van der Waals surface area contributed by atoms with Crippen LogP contribution >= 0.6 is 0 Å². The number of hydrogen-bond donors (Lipinski definition) is 2. The molecule has 4 nitrogen and oxygen atoms in total. The van der Waals surface area contributed by atoms with E-state index in [0.29, 0.717) is 6.42 Å². The normalized spacial score (nSPS) is 15.6. The quantitative estimate of drug-likeness (QED) is 0.902. The lowest BCUT2D eigenvalue weighted by Crippen LogP contribution is -2.12. The van der Waals surface area contributed by atoms with Gasteiger partial charge in [-0.25, -0.2) is 0 Å². The van der Waals surface area contributed by atoms with Crippen molar-refractivity contribution in [2.75, 3.05) is 0 Å². The van der Waals surface area contributed by atoms with E-state index < -0.39 is 5.97 Å². The lowest BCUT2D eigenvalue weighted by Gasteiger charge is -2.07. The van der Waals surface area contributed by atoms with Gasteiger partial charge in [0.15, 0.2) is 0 Å². The number of carboxylic acid groups (broad SMARTS) is 1. The molecule has 106 valence electrons. The van der Waals surface area contributed by atoms with Crippen molar-refractivity contribution in [1.29, 1.82) is 0 Å². The molecular formula is C16H20N2O2. The summed E-state index contributed by atoms with van der Waals surface area (Å²) >= 11 is 0. The minimum Gasteiger partial charge on any atom is -0.481 e. The second kappa shape index (κ2) is 4.63. The molecule has 1 aromatic heterocycles. The van der Waals surface area contributed by atoms with Crippen LogP contribution in [0.5, 0.6) is 0 Å². The fraction of sp³-hybridized carbons (Fsp3) is 0.438. The average molecular weight is 272 g/mol. The summed E-state index contributed by atoms with van der Waals surface area (Å²) in [6.45, 7) is 5.69. The largest absolute Gasteiger partial charge is 0.481 e.